The molecule has 1 aromatic heterocycles. The minimum atomic E-state index is -0.108. The first-order valence-electron chi connectivity index (χ1n) is 7.46. The maximum absolute atomic E-state index is 11.6. The van der Waals surface area contributed by atoms with Crippen LogP contribution in [-0.2, 0) is 17.6 Å². The van der Waals surface area contributed by atoms with Crippen LogP contribution in [0.15, 0.2) is 18.2 Å². The Kier molecular flexibility index (Phi) is 5.56. The molecule has 7 nitrogen and oxygen atoms in total. The lowest BCUT2D eigenvalue weighted by molar-refractivity contribution is -0.118. The third kappa shape index (κ3) is 4.45. The number of carbonyl (C=O) groups excluding carboxylic acids is 1. The highest BCUT2D eigenvalue weighted by Gasteiger charge is 2.11. The van der Waals surface area contributed by atoms with E-state index in [9.17, 15) is 4.79 Å². The van der Waals surface area contributed by atoms with Crippen LogP contribution < -0.4 is 14.8 Å². The van der Waals surface area contributed by atoms with Gasteiger partial charge in [0.1, 0.15) is 5.82 Å². The van der Waals surface area contributed by atoms with E-state index in [1.807, 2.05) is 32.0 Å². The van der Waals surface area contributed by atoms with Crippen molar-refractivity contribution in [1.29, 1.82) is 0 Å². The molecule has 0 radical (unpaired) electrons. The van der Waals surface area contributed by atoms with Crippen LogP contribution in [0.5, 0.6) is 11.5 Å². The van der Waals surface area contributed by atoms with Crippen LogP contribution in [0.2, 0.25) is 0 Å². The van der Waals surface area contributed by atoms with Crippen molar-refractivity contribution in [2.24, 2.45) is 5.92 Å². The number of hydrogen-bond acceptors (Lipinski definition) is 5. The highest BCUT2D eigenvalue weighted by atomic mass is 16.5. The Hall–Kier alpha value is -2.57. The number of nitrogens with one attached hydrogen (secondary N) is 2. The van der Waals surface area contributed by atoms with Crippen LogP contribution in [0.3, 0.4) is 0 Å². The van der Waals surface area contributed by atoms with Crippen LogP contribution in [0.4, 0.5) is 5.95 Å². The van der Waals surface area contributed by atoms with Crippen LogP contribution >= 0.6 is 0 Å². The number of H-pyrrole nitrogens is 1. The van der Waals surface area contributed by atoms with Crippen LogP contribution in [-0.4, -0.2) is 35.3 Å². The maximum Gasteiger partial charge on any atom is 0.248 e. The van der Waals surface area contributed by atoms with Crippen molar-refractivity contribution in [2.75, 3.05) is 19.5 Å². The summed E-state index contributed by atoms with van der Waals surface area (Å²) in [7, 11) is 3.22. The lowest BCUT2D eigenvalue weighted by Gasteiger charge is -2.09. The van der Waals surface area contributed by atoms with Crippen molar-refractivity contribution in [1.82, 2.24) is 15.2 Å². The molecule has 0 unspecified atom stereocenters. The molecule has 7 heteroatoms. The lowest BCUT2D eigenvalue weighted by Crippen LogP contribution is -2.18. The number of nitrogens with zero attached hydrogens (tertiary/aromatic N) is 2. The number of amides is 1. The first kappa shape index (κ1) is 16.8. The molecule has 0 aliphatic heterocycles. The SMILES string of the molecule is COc1ccc(CCc2nc(NC(=O)C(C)C)n[nH]2)cc1OC. The monoisotopic (exact) mass is 318 g/mol. The van der Waals surface area contributed by atoms with Gasteiger partial charge in [0, 0.05) is 12.3 Å². The van der Waals surface area contributed by atoms with Crippen molar-refractivity contribution < 1.29 is 14.3 Å². The summed E-state index contributed by atoms with van der Waals surface area (Å²) >= 11 is 0. The van der Waals surface area contributed by atoms with E-state index in [1.165, 1.54) is 0 Å². The van der Waals surface area contributed by atoms with Gasteiger partial charge in [-0.1, -0.05) is 19.9 Å². The Bertz CT molecular complexity index is 667. The van der Waals surface area contributed by atoms with Gasteiger partial charge in [-0.25, -0.2) is 0 Å². The topological polar surface area (TPSA) is 89.1 Å². The summed E-state index contributed by atoms with van der Waals surface area (Å²) in [5, 5.41) is 9.50. The largest absolute Gasteiger partial charge is 0.493 e. The van der Waals surface area contributed by atoms with Crippen LogP contribution in [0, 0.1) is 5.92 Å². The molecule has 0 fully saturated rings. The predicted molar refractivity (Wildman–Crippen MR) is 86.8 cm³/mol. The number of methoxy groups -OCH3 is 2. The average Bonchev–Trinajstić information content (AvgIpc) is 2.99. The normalized spacial score (nSPS) is 10.7. The summed E-state index contributed by atoms with van der Waals surface area (Å²) in [6, 6.07) is 5.80. The van der Waals surface area contributed by atoms with Crippen molar-refractivity contribution in [2.45, 2.75) is 26.7 Å². The molecular formula is C16H22N4O3. The fraction of sp³-hybridized carbons (Fsp3) is 0.438. The molecule has 2 aromatic rings. The summed E-state index contributed by atoms with van der Waals surface area (Å²) in [5.41, 5.74) is 1.10. The van der Waals surface area contributed by atoms with Gasteiger partial charge in [-0.05, 0) is 24.1 Å². The Morgan fingerprint density at radius 2 is 1.96 bits per heavy atom. The molecule has 0 saturated heterocycles. The Morgan fingerprint density at radius 3 is 2.61 bits per heavy atom. The quantitative estimate of drug-likeness (QED) is 0.817. The van der Waals surface area contributed by atoms with E-state index in [0.717, 1.165) is 17.8 Å². The second-order valence-electron chi connectivity index (χ2n) is 5.44. The summed E-state index contributed by atoms with van der Waals surface area (Å²) in [5.74, 6) is 2.23. The van der Waals surface area contributed by atoms with Crippen molar-refractivity contribution >= 4 is 11.9 Å². The Labute approximate surface area is 135 Å². The van der Waals surface area contributed by atoms with Crippen LogP contribution in [0.1, 0.15) is 25.2 Å². The molecule has 2 rings (SSSR count). The van der Waals surface area contributed by atoms with Gasteiger partial charge < -0.3 is 9.47 Å². The fourth-order valence-corrected chi connectivity index (χ4v) is 2.02. The number of carbonyl (C=O) groups is 1. The minimum Gasteiger partial charge on any atom is -0.493 e. The van der Waals surface area contributed by atoms with E-state index in [2.05, 4.69) is 20.5 Å². The predicted octanol–water partition coefficient (Wildman–Crippen LogP) is 2.20. The standard InChI is InChI=1S/C16H22N4O3/c1-10(2)15(21)18-16-17-14(19-20-16)8-6-11-5-7-12(22-3)13(9-11)23-4/h5,7,9-10H,6,8H2,1-4H3,(H2,17,18,19,20,21). The number of rotatable bonds is 7. The first-order valence-corrected chi connectivity index (χ1v) is 7.46. The zero-order valence-corrected chi connectivity index (χ0v) is 13.8. The number of anilines is 1. The van der Waals surface area contributed by atoms with Gasteiger partial charge in [0.25, 0.3) is 0 Å². The van der Waals surface area contributed by atoms with E-state index in [0.29, 0.717) is 23.9 Å². The van der Waals surface area contributed by atoms with Gasteiger partial charge in [0.2, 0.25) is 11.9 Å². The highest BCUT2D eigenvalue weighted by Crippen LogP contribution is 2.27. The maximum atomic E-state index is 11.6. The second kappa shape index (κ2) is 7.62. The average molecular weight is 318 g/mol. The van der Waals surface area contributed by atoms with Gasteiger partial charge in [-0.2, -0.15) is 4.98 Å². The highest BCUT2D eigenvalue weighted by molar-refractivity contribution is 5.90. The number of hydrogen-bond donors (Lipinski definition) is 2. The van der Waals surface area contributed by atoms with E-state index >= 15 is 0 Å². The Morgan fingerprint density at radius 1 is 1.22 bits per heavy atom. The molecule has 0 saturated carbocycles. The van der Waals surface area contributed by atoms with Gasteiger partial charge in [0.15, 0.2) is 11.5 Å². The molecule has 2 N–H and O–H groups in total. The van der Waals surface area contributed by atoms with E-state index in [4.69, 9.17) is 9.47 Å². The van der Waals surface area contributed by atoms with Gasteiger partial charge in [0.05, 0.1) is 14.2 Å². The van der Waals surface area contributed by atoms with Crippen LogP contribution in [0.25, 0.3) is 0 Å². The summed E-state index contributed by atoms with van der Waals surface area (Å²) < 4.78 is 10.5. The third-order valence-electron chi connectivity index (χ3n) is 3.39. The van der Waals surface area contributed by atoms with Crippen molar-refractivity contribution in [3.8, 4) is 11.5 Å². The molecule has 124 valence electrons. The van der Waals surface area contributed by atoms with Crippen molar-refractivity contribution in [3.63, 3.8) is 0 Å². The summed E-state index contributed by atoms with van der Waals surface area (Å²) in [6.45, 7) is 3.64. The van der Waals surface area contributed by atoms with Gasteiger partial charge in [-0.3, -0.25) is 15.2 Å². The minimum absolute atomic E-state index is 0.101. The molecule has 1 heterocycles. The number of aryl methyl sites for hydroxylation is 2. The number of benzene rings is 1. The third-order valence-corrected chi connectivity index (χ3v) is 3.39. The molecule has 0 aliphatic rings. The molecule has 23 heavy (non-hydrogen) atoms. The summed E-state index contributed by atoms with van der Waals surface area (Å²) in [4.78, 5) is 15.9. The molecule has 1 aromatic carbocycles. The molecule has 0 aliphatic carbocycles. The number of ether oxygens (including phenoxy) is 2. The van der Waals surface area contributed by atoms with E-state index in [1.54, 1.807) is 14.2 Å². The van der Waals surface area contributed by atoms with Crippen molar-refractivity contribution in [3.05, 3.63) is 29.6 Å². The lowest BCUT2D eigenvalue weighted by atomic mass is 10.1. The van der Waals surface area contributed by atoms with E-state index < -0.39 is 0 Å². The zero-order chi connectivity index (χ0) is 16.8. The Balaban J connectivity index is 1.96. The summed E-state index contributed by atoms with van der Waals surface area (Å²) in [6.07, 6.45) is 1.45. The molecule has 0 bridgehead atoms. The molecular weight excluding hydrogens is 296 g/mol. The molecule has 0 spiro atoms. The molecule has 0 atom stereocenters. The number of aromatic nitrogens is 3. The van der Waals surface area contributed by atoms with E-state index in [-0.39, 0.29) is 11.8 Å². The van der Waals surface area contributed by atoms with Gasteiger partial charge in [-0.15, -0.1) is 5.10 Å². The zero-order valence-electron chi connectivity index (χ0n) is 13.8. The molecule has 1 amide bonds. The second-order valence-corrected chi connectivity index (χ2v) is 5.44. The number of aromatic amines is 1. The first-order chi connectivity index (χ1) is 11.0. The smallest absolute Gasteiger partial charge is 0.248 e. The fourth-order valence-electron chi connectivity index (χ4n) is 2.02. The van der Waals surface area contributed by atoms with Gasteiger partial charge >= 0.3 is 0 Å².